The van der Waals surface area contributed by atoms with Gasteiger partial charge in [-0.05, 0) is 30.0 Å². The highest BCUT2D eigenvalue weighted by atomic mass is 16.5. The highest BCUT2D eigenvalue weighted by Crippen LogP contribution is 2.50. The van der Waals surface area contributed by atoms with E-state index < -0.39 is 23.7 Å². The topological polar surface area (TPSA) is 113 Å². The van der Waals surface area contributed by atoms with Crippen LogP contribution in [0.15, 0.2) is 54.7 Å². The molecule has 9 heteroatoms. The molecule has 2 saturated heterocycles. The van der Waals surface area contributed by atoms with E-state index in [0.29, 0.717) is 25.2 Å². The van der Waals surface area contributed by atoms with Crippen LogP contribution in [0.1, 0.15) is 37.8 Å². The number of carbonyl (C=O) groups is 3. The number of hydrogen-bond donors (Lipinski definition) is 4. The van der Waals surface area contributed by atoms with Crippen LogP contribution in [0.3, 0.4) is 0 Å². The Morgan fingerprint density at radius 2 is 1.74 bits per heavy atom. The summed E-state index contributed by atoms with van der Waals surface area (Å²) in [5, 5.41) is 13.9. The molecule has 0 spiro atoms. The monoisotopic (exact) mass is 515 g/mol. The molecule has 2 amide bonds. The Morgan fingerprint density at radius 3 is 2.53 bits per heavy atom. The lowest BCUT2D eigenvalue weighted by atomic mass is 9.86. The lowest BCUT2D eigenvalue weighted by Gasteiger charge is -2.32. The summed E-state index contributed by atoms with van der Waals surface area (Å²) in [5.41, 5.74) is 3.48. The second-order valence-corrected chi connectivity index (χ2v) is 11.0. The molecule has 5 atom stereocenters. The van der Waals surface area contributed by atoms with E-state index in [1.165, 1.54) is 7.11 Å². The molecule has 4 heterocycles. The SMILES string of the molecule is COC(=O)[C@H]1C[C@@]2(n3cc(C[C@@H]4NC(=O)[C@@H](CC(C)C)NC4=O)c4ccccc43)c3ccccc3N[C@H]2N1. The van der Waals surface area contributed by atoms with Crippen molar-refractivity contribution >= 4 is 34.4 Å². The predicted molar refractivity (Wildman–Crippen MR) is 143 cm³/mol. The summed E-state index contributed by atoms with van der Waals surface area (Å²) in [6.07, 6.45) is 3.33. The molecule has 9 nitrogen and oxygen atoms in total. The quantitative estimate of drug-likeness (QED) is 0.375. The van der Waals surface area contributed by atoms with E-state index >= 15 is 0 Å². The van der Waals surface area contributed by atoms with Crippen LogP contribution in [0.2, 0.25) is 0 Å². The molecule has 0 unspecified atom stereocenters. The predicted octanol–water partition coefficient (Wildman–Crippen LogP) is 2.24. The molecule has 0 bridgehead atoms. The highest BCUT2D eigenvalue weighted by molar-refractivity contribution is 5.97. The minimum atomic E-state index is -0.656. The van der Waals surface area contributed by atoms with Gasteiger partial charge in [-0.1, -0.05) is 50.2 Å². The first-order valence-electron chi connectivity index (χ1n) is 13.2. The van der Waals surface area contributed by atoms with Gasteiger partial charge < -0.3 is 25.3 Å². The number of nitrogens with one attached hydrogen (secondary N) is 4. The van der Waals surface area contributed by atoms with Gasteiger partial charge in [0.05, 0.1) is 7.11 Å². The van der Waals surface area contributed by atoms with Gasteiger partial charge in [-0.25, -0.2) is 0 Å². The molecule has 3 aromatic rings. The largest absolute Gasteiger partial charge is 0.468 e. The molecule has 0 radical (unpaired) electrons. The summed E-state index contributed by atoms with van der Waals surface area (Å²) in [6.45, 7) is 4.07. The van der Waals surface area contributed by atoms with Crippen molar-refractivity contribution in [2.75, 3.05) is 12.4 Å². The normalized spacial score (nSPS) is 28.0. The number of amides is 2. The van der Waals surface area contributed by atoms with Crippen molar-refractivity contribution in [2.45, 2.75) is 62.9 Å². The van der Waals surface area contributed by atoms with Crippen molar-refractivity contribution in [1.29, 1.82) is 0 Å². The van der Waals surface area contributed by atoms with Crippen LogP contribution >= 0.6 is 0 Å². The molecule has 4 N–H and O–H groups in total. The number of fused-ring (bicyclic) bond motifs is 4. The number of rotatable bonds is 6. The van der Waals surface area contributed by atoms with E-state index in [0.717, 1.165) is 27.7 Å². The first kappa shape index (κ1) is 24.5. The van der Waals surface area contributed by atoms with Crippen LogP contribution in [-0.4, -0.2) is 53.8 Å². The summed E-state index contributed by atoms with van der Waals surface area (Å²) >= 11 is 0. The Kier molecular flexibility index (Phi) is 5.90. The van der Waals surface area contributed by atoms with Gasteiger partial charge in [0.15, 0.2) is 0 Å². The Balaban J connectivity index is 1.41. The van der Waals surface area contributed by atoms with Gasteiger partial charge in [0.2, 0.25) is 11.8 Å². The second-order valence-electron chi connectivity index (χ2n) is 11.0. The summed E-state index contributed by atoms with van der Waals surface area (Å²) in [4.78, 5) is 38.4. The van der Waals surface area contributed by atoms with E-state index in [4.69, 9.17) is 4.74 Å². The second kappa shape index (κ2) is 9.16. The van der Waals surface area contributed by atoms with Crippen molar-refractivity contribution in [1.82, 2.24) is 20.5 Å². The van der Waals surface area contributed by atoms with Gasteiger partial charge in [0.1, 0.15) is 29.8 Å². The lowest BCUT2D eigenvalue weighted by Crippen LogP contribution is -2.62. The number of esters is 1. The van der Waals surface area contributed by atoms with Gasteiger partial charge >= 0.3 is 5.97 Å². The molecular formula is C29H33N5O4. The zero-order valence-corrected chi connectivity index (χ0v) is 21.8. The number of hydrogen-bond acceptors (Lipinski definition) is 6. The molecule has 198 valence electrons. The maximum atomic E-state index is 13.0. The van der Waals surface area contributed by atoms with Gasteiger partial charge in [0.25, 0.3) is 0 Å². The Bertz CT molecular complexity index is 1430. The Morgan fingerprint density at radius 1 is 1.03 bits per heavy atom. The summed E-state index contributed by atoms with van der Waals surface area (Å²) in [7, 11) is 1.41. The van der Waals surface area contributed by atoms with Gasteiger partial charge in [-0.3, -0.25) is 19.7 Å². The molecule has 2 aromatic carbocycles. The molecule has 0 aliphatic carbocycles. The number of ether oxygens (including phenoxy) is 1. The number of aromatic nitrogens is 1. The summed E-state index contributed by atoms with van der Waals surface area (Å²) in [5.74, 6) is -0.304. The molecule has 3 aliphatic rings. The first-order chi connectivity index (χ1) is 18.3. The smallest absolute Gasteiger partial charge is 0.323 e. The van der Waals surface area contributed by atoms with Gasteiger partial charge in [-0.15, -0.1) is 0 Å². The lowest BCUT2D eigenvalue weighted by molar-refractivity contribution is -0.142. The average molecular weight is 516 g/mol. The zero-order chi connectivity index (χ0) is 26.6. The maximum absolute atomic E-state index is 13.0. The van der Waals surface area contributed by atoms with Crippen molar-refractivity contribution in [3.8, 4) is 0 Å². The van der Waals surface area contributed by atoms with Crippen LogP contribution in [0.5, 0.6) is 0 Å². The number of methoxy groups -OCH3 is 1. The number of benzene rings is 2. The Labute approximate surface area is 221 Å². The number of piperazine rings is 1. The molecule has 3 aliphatic heterocycles. The number of anilines is 1. The van der Waals surface area contributed by atoms with Crippen LogP contribution in [-0.2, 0) is 31.1 Å². The van der Waals surface area contributed by atoms with Gasteiger partial charge in [0, 0.05) is 41.2 Å². The Hall–Kier alpha value is -3.85. The van der Waals surface area contributed by atoms with E-state index in [1.807, 2.05) is 50.2 Å². The summed E-state index contributed by atoms with van der Waals surface area (Å²) in [6, 6.07) is 14.6. The van der Waals surface area contributed by atoms with Crippen LogP contribution in [0.25, 0.3) is 10.9 Å². The van der Waals surface area contributed by atoms with E-state index in [2.05, 4.69) is 44.2 Å². The van der Waals surface area contributed by atoms with Gasteiger partial charge in [-0.2, -0.15) is 0 Å². The van der Waals surface area contributed by atoms with Crippen LogP contribution < -0.4 is 21.3 Å². The number of para-hydroxylation sites is 2. The molecule has 38 heavy (non-hydrogen) atoms. The third kappa shape index (κ3) is 3.75. The standard InChI is InChI=1S/C29H33N5O4/c1-16(2)12-21-25(35)31-22(26(36)30-21)13-17-15-34(24-11-7-4-8-18(17)24)29-14-23(27(37)38-3)33-28(29)32-20-10-6-5-9-19(20)29/h4-11,15-16,21-23,28,32-33H,12-14H2,1-3H3,(H,30,36)(H,31,35)/t21-,22+,23-,28+,29-/m1/s1. The van der Waals surface area contributed by atoms with E-state index in [1.54, 1.807) is 0 Å². The van der Waals surface area contributed by atoms with Crippen molar-refractivity contribution in [2.24, 2.45) is 5.92 Å². The number of carbonyl (C=O) groups excluding carboxylic acids is 3. The first-order valence-corrected chi connectivity index (χ1v) is 13.2. The van der Waals surface area contributed by atoms with E-state index in [9.17, 15) is 14.4 Å². The fourth-order valence-corrected chi connectivity index (χ4v) is 6.48. The van der Waals surface area contributed by atoms with Crippen molar-refractivity contribution < 1.29 is 19.1 Å². The highest BCUT2D eigenvalue weighted by Gasteiger charge is 2.57. The minimum absolute atomic E-state index is 0.138. The summed E-state index contributed by atoms with van der Waals surface area (Å²) < 4.78 is 7.33. The zero-order valence-electron chi connectivity index (χ0n) is 21.8. The minimum Gasteiger partial charge on any atom is -0.468 e. The fraction of sp³-hybridized carbons (Fsp3) is 0.414. The maximum Gasteiger partial charge on any atom is 0.323 e. The fourth-order valence-electron chi connectivity index (χ4n) is 6.48. The molecule has 1 aromatic heterocycles. The number of nitrogens with zero attached hydrogens (tertiary/aromatic N) is 1. The van der Waals surface area contributed by atoms with Crippen LogP contribution in [0.4, 0.5) is 5.69 Å². The van der Waals surface area contributed by atoms with Crippen molar-refractivity contribution in [3.05, 3.63) is 65.9 Å². The van der Waals surface area contributed by atoms with Crippen molar-refractivity contribution in [3.63, 3.8) is 0 Å². The molecule has 2 fully saturated rings. The van der Waals surface area contributed by atoms with Crippen LogP contribution in [0, 0.1) is 5.92 Å². The molecule has 6 rings (SSSR count). The molecular weight excluding hydrogens is 482 g/mol. The third-order valence-electron chi connectivity index (χ3n) is 8.16. The third-order valence-corrected chi connectivity index (χ3v) is 8.16. The van der Waals surface area contributed by atoms with E-state index in [-0.39, 0.29) is 23.9 Å². The average Bonchev–Trinajstić information content (AvgIpc) is 3.55. The molecule has 0 saturated carbocycles.